The second kappa shape index (κ2) is 9.81. The van der Waals surface area contributed by atoms with Gasteiger partial charge in [0.15, 0.2) is 11.5 Å². The number of hydrogen-bond acceptors (Lipinski definition) is 7. The summed E-state index contributed by atoms with van der Waals surface area (Å²) >= 11 is 0. The number of esters is 1. The maximum absolute atomic E-state index is 12.5. The summed E-state index contributed by atoms with van der Waals surface area (Å²) in [5.41, 5.74) is 3.11. The van der Waals surface area contributed by atoms with Gasteiger partial charge in [0.25, 0.3) is 0 Å². The molecule has 0 aliphatic rings. The Hall–Kier alpha value is -3.55. The minimum absolute atomic E-state index is 0.255. The fraction of sp³-hybridized carbons (Fsp3) is 0.211. The predicted molar refractivity (Wildman–Crippen MR) is 98.7 cm³/mol. The minimum atomic E-state index is -0.682. The standard InChI is InChI=1S/C19H20N2O6/c1-4-26-17-11-13(12-20-21-19(23)25-3)9-10-16(17)27-18(22)14-7-5-6-8-15(14)24-2/h5-12H,4H2,1-3H3,(H,21,23). The lowest BCUT2D eigenvalue weighted by Crippen LogP contribution is -2.16. The molecular formula is C19H20N2O6. The molecular weight excluding hydrogens is 352 g/mol. The molecule has 2 aromatic rings. The first-order valence-electron chi connectivity index (χ1n) is 8.08. The third kappa shape index (κ3) is 5.46. The summed E-state index contributed by atoms with van der Waals surface area (Å²) in [6.07, 6.45) is 0.726. The van der Waals surface area contributed by atoms with Crippen molar-refractivity contribution in [2.75, 3.05) is 20.8 Å². The van der Waals surface area contributed by atoms with Crippen LogP contribution in [0.5, 0.6) is 17.2 Å². The summed E-state index contributed by atoms with van der Waals surface area (Å²) in [4.78, 5) is 23.5. The molecule has 0 fully saturated rings. The highest BCUT2D eigenvalue weighted by Gasteiger charge is 2.16. The van der Waals surface area contributed by atoms with E-state index in [0.29, 0.717) is 29.2 Å². The SMILES string of the molecule is CCOc1cc(C=NNC(=O)OC)ccc1OC(=O)c1ccccc1OC. The Balaban J connectivity index is 2.20. The van der Waals surface area contributed by atoms with Crippen molar-refractivity contribution in [2.24, 2.45) is 5.10 Å². The van der Waals surface area contributed by atoms with E-state index < -0.39 is 12.1 Å². The zero-order valence-corrected chi connectivity index (χ0v) is 15.2. The van der Waals surface area contributed by atoms with Crippen LogP contribution in [0.4, 0.5) is 4.79 Å². The number of rotatable bonds is 7. The highest BCUT2D eigenvalue weighted by molar-refractivity contribution is 5.94. The molecule has 0 heterocycles. The van der Waals surface area contributed by atoms with Gasteiger partial charge in [0.05, 0.1) is 27.0 Å². The molecule has 0 saturated heterocycles. The number of ether oxygens (including phenoxy) is 4. The molecule has 0 aliphatic carbocycles. The second-order valence-electron chi connectivity index (χ2n) is 5.09. The summed E-state index contributed by atoms with van der Waals surface area (Å²) in [5.74, 6) is 0.467. The molecule has 2 aromatic carbocycles. The molecule has 8 nitrogen and oxygen atoms in total. The molecule has 8 heteroatoms. The van der Waals surface area contributed by atoms with Crippen LogP contribution in [-0.4, -0.2) is 39.1 Å². The maximum Gasteiger partial charge on any atom is 0.427 e. The van der Waals surface area contributed by atoms with Gasteiger partial charge in [-0.25, -0.2) is 15.0 Å². The van der Waals surface area contributed by atoms with Crippen LogP contribution in [0.2, 0.25) is 0 Å². The molecule has 0 aromatic heterocycles. The molecule has 0 spiro atoms. The quantitative estimate of drug-likeness (QED) is 0.347. The van der Waals surface area contributed by atoms with Gasteiger partial charge in [-0.05, 0) is 42.8 Å². The topological polar surface area (TPSA) is 95.5 Å². The van der Waals surface area contributed by atoms with Gasteiger partial charge in [0, 0.05) is 0 Å². The second-order valence-corrected chi connectivity index (χ2v) is 5.09. The number of nitrogens with zero attached hydrogens (tertiary/aromatic N) is 1. The molecule has 0 aliphatic heterocycles. The number of hydrogen-bond donors (Lipinski definition) is 1. The first-order valence-corrected chi connectivity index (χ1v) is 8.08. The van der Waals surface area contributed by atoms with Crippen molar-refractivity contribution >= 4 is 18.3 Å². The van der Waals surface area contributed by atoms with Crippen LogP contribution < -0.4 is 19.6 Å². The maximum atomic E-state index is 12.5. The lowest BCUT2D eigenvalue weighted by molar-refractivity contribution is 0.0725. The Kier molecular flexibility index (Phi) is 7.18. The first-order chi connectivity index (χ1) is 13.1. The molecule has 0 bridgehead atoms. The lowest BCUT2D eigenvalue weighted by atomic mass is 10.2. The zero-order valence-electron chi connectivity index (χ0n) is 15.2. The van der Waals surface area contributed by atoms with Crippen LogP contribution in [0, 0.1) is 0 Å². The van der Waals surface area contributed by atoms with Gasteiger partial charge in [0.1, 0.15) is 11.3 Å². The molecule has 142 valence electrons. The van der Waals surface area contributed by atoms with E-state index in [2.05, 4.69) is 15.3 Å². The van der Waals surface area contributed by atoms with E-state index in [-0.39, 0.29) is 5.75 Å². The van der Waals surface area contributed by atoms with E-state index >= 15 is 0 Å². The van der Waals surface area contributed by atoms with Crippen LogP contribution in [0.1, 0.15) is 22.8 Å². The summed E-state index contributed by atoms with van der Waals surface area (Å²) in [5, 5.41) is 3.75. The minimum Gasteiger partial charge on any atom is -0.496 e. The number of benzene rings is 2. The fourth-order valence-electron chi connectivity index (χ4n) is 2.13. The third-order valence-corrected chi connectivity index (χ3v) is 3.35. The van der Waals surface area contributed by atoms with Gasteiger partial charge in [-0.2, -0.15) is 5.10 Å². The van der Waals surface area contributed by atoms with Crippen LogP contribution in [-0.2, 0) is 4.74 Å². The molecule has 0 saturated carbocycles. The average molecular weight is 372 g/mol. The highest BCUT2D eigenvalue weighted by atomic mass is 16.6. The third-order valence-electron chi connectivity index (χ3n) is 3.35. The van der Waals surface area contributed by atoms with E-state index in [1.54, 1.807) is 42.5 Å². The Morgan fingerprint density at radius 1 is 1.07 bits per heavy atom. The summed E-state index contributed by atoms with van der Waals surface area (Å²) in [6, 6.07) is 11.6. The highest BCUT2D eigenvalue weighted by Crippen LogP contribution is 2.30. The normalized spacial score (nSPS) is 10.3. The Bertz CT molecular complexity index is 835. The molecule has 0 unspecified atom stereocenters. The van der Waals surface area contributed by atoms with Crippen molar-refractivity contribution in [1.82, 2.24) is 5.43 Å². The van der Waals surface area contributed by atoms with E-state index in [0.717, 1.165) is 0 Å². The molecule has 27 heavy (non-hydrogen) atoms. The molecule has 0 radical (unpaired) electrons. The van der Waals surface area contributed by atoms with Crippen molar-refractivity contribution in [1.29, 1.82) is 0 Å². The molecule has 0 atom stereocenters. The molecule has 1 amide bonds. The number of amides is 1. The Morgan fingerprint density at radius 2 is 1.85 bits per heavy atom. The summed E-state index contributed by atoms with van der Waals surface area (Å²) < 4.78 is 20.6. The Labute approximate surface area is 156 Å². The Morgan fingerprint density at radius 3 is 2.56 bits per heavy atom. The number of para-hydroxylation sites is 1. The van der Waals surface area contributed by atoms with Crippen molar-refractivity contribution in [2.45, 2.75) is 6.92 Å². The van der Waals surface area contributed by atoms with Gasteiger partial charge in [-0.3, -0.25) is 0 Å². The van der Waals surface area contributed by atoms with Gasteiger partial charge < -0.3 is 18.9 Å². The van der Waals surface area contributed by atoms with Gasteiger partial charge >= 0.3 is 12.1 Å². The van der Waals surface area contributed by atoms with E-state index in [1.165, 1.54) is 20.4 Å². The number of methoxy groups -OCH3 is 2. The van der Waals surface area contributed by atoms with Crippen LogP contribution in [0.3, 0.4) is 0 Å². The van der Waals surface area contributed by atoms with Crippen LogP contribution in [0.15, 0.2) is 47.6 Å². The average Bonchev–Trinajstić information content (AvgIpc) is 2.69. The van der Waals surface area contributed by atoms with E-state index in [1.807, 2.05) is 6.92 Å². The number of hydrazone groups is 1. The number of nitrogens with one attached hydrogen (secondary N) is 1. The van der Waals surface area contributed by atoms with E-state index in [4.69, 9.17) is 14.2 Å². The first kappa shape index (κ1) is 19.8. The van der Waals surface area contributed by atoms with Crippen molar-refractivity contribution < 1.29 is 28.5 Å². The monoisotopic (exact) mass is 372 g/mol. The van der Waals surface area contributed by atoms with Crippen molar-refractivity contribution in [3.63, 3.8) is 0 Å². The van der Waals surface area contributed by atoms with Gasteiger partial charge in [0.2, 0.25) is 0 Å². The number of carbonyl (C=O) groups excluding carboxylic acids is 2. The van der Waals surface area contributed by atoms with Gasteiger partial charge in [-0.15, -0.1) is 0 Å². The fourth-order valence-corrected chi connectivity index (χ4v) is 2.13. The van der Waals surface area contributed by atoms with Crippen LogP contribution in [0.25, 0.3) is 0 Å². The lowest BCUT2D eigenvalue weighted by Gasteiger charge is -2.12. The van der Waals surface area contributed by atoms with E-state index in [9.17, 15) is 9.59 Å². The zero-order chi connectivity index (χ0) is 19.6. The summed E-state index contributed by atoms with van der Waals surface area (Å²) in [6.45, 7) is 2.19. The smallest absolute Gasteiger partial charge is 0.427 e. The summed E-state index contributed by atoms with van der Waals surface area (Å²) in [7, 11) is 2.72. The molecule has 1 N–H and O–H groups in total. The molecule has 2 rings (SSSR count). The van der Waals surface area contributed by atoms with Crippen molar-refractivity contribution in [3.05, 3.63) is 53.6 Å². The largest absolute Gasteiger partial charge is 0.496 e. The number of carbonyl (C=O) groups is 2. The van der Waals surface area contributed by atoms with Gasteiger partial charge in [-0.1, -0.05) is 12.1 Å². The van der Waals surface area contributed by atoms with Crippen LogP contribution >= 0.6 is 0 Å². The van der Waals surface area contributed by atoms with Crippen molar-refractivity contribution in [3.8, 4) is 17.2 Å². The predicted octanol–water partition coefficient (Wildman–Crippen LogP) is 3.00.